The van der Waals surface area contributed by atoms with Gasteiger partial charge in [-0.2, -0.15) is 5.10 Å². The Morgan fingerprint density at radius 3 is 2.68 bits per heavy atom. The standard InChI is InChI=1S/C13H14BrN3O2/c1-8(2)17-7-12(6-15-17)16-11-4-9(13(18)19)3-10(14)5-11/h3-8,16H,1-2H3,(H,18,19). The van der Waals surface area contributed by atoms with Crippen LogP contribution in [-0.4, -0.2) is 20.9 Å². The third-order valence-corrected chi connectivity index (χ3v) is 3.02. The highest BCUT2D eigenvalue weighted by atomic mass is 79.9. The molecule has 5 nitrogen and oxygen atoms in total. The van der Waals surface area contributed by atoms with E-state index in [9.17, 15) is 4.79 Å². The van der Waals surface area contributed by atoms with Crippen LogP contribution < -0.4 is 5.32 Å². The summed E-state index contributed by atoms with van der Waals surface area (Å²) >= 11 is 3.30. The summed E-state index contributed by atoms with van der Waals surface area (Å²) < 4.78 is 2.55. The highest BCUT2D eigenvalue weighted by molar-refractivity contribution is 9.10. The van der Waals surface area contributed by atoms with Crippen LogP contribution in [0.3, 0.4) is 0 Å². The molecule has 2 aromatic rings. The zero-order chi connectivity index (χ0) is 14.0. The van der Waals surface area contributed by atoms with Gasteiger partial charge in [0.05, 0.1) is 17.4 Å². The minimum absolute atomic E-state index is 0.230. The summed E-state index contributed by atoms with van der Waals surface area (Å²) in [6, 6.07) is 5.25. The summed E-state index contributed by atoms with van der Waals surface area (Å²) in [5, 5.41) is 16.4. The van der Waals surface area contributed by atoms with E-state index in [1.807, 2.05) is 30.8 Å². The number of carboxylic acids is 1. The molecule has 1 aromatic heterocycles. The summed E-state index contributed by atoms with van der Waals surface area (Å²) in [5.74, 6) is -0.956. The highest BCUT2D eigenvalue weighted by Gasteiger charge is 2.07. The van der Waals surface area contributed by atoms with Crippen molar-refractivity contribution in [1.29, 1.82) is 0 Å². The Bertz CT molecular complexity index is 608. The maximum atomic E-state index is 11.0. The number of carboxylic acid groups (broad SMARTS) is 1. The average Bonchev–Trinajstić information content (AvgIpc) is 2.76. The molecule has 19 heavy (non-hydrogen) atoms. The lowest BCUT2D eigenvalue weighted by Gasteiger charge is -2.06. The Balaban J connectivity index is 2.24. The summed E-state index contributed by atoms with van der Waals surface area (Å²) in [5.41, 5.74) is 1.76. The molecular weight excluding hydrogens is 310 g/mol. The number of carbonyl (C=O) groups is 1. The molecule has 0 aliphatic carbocycles. The van der Waals surface area contributed by atoms with Crippen LogP contribution in [0, 0.1) is 0 Å². The molecule has 2 N–H and O–H groups in total. The van der Waals surface area contributed by atoms with E-state index in [2.05, 4.69) is 26.3 Å². The Morgan fingerprint density at radius 2 is 2.11 bits per heavy atom. The second kappa shape index (κ2) is 5.44. The van der Waals surface area contributed by atoms with Gasteiger partial charge < -0.3 is 10.4 Å². The fourth-order valence-corrected chi connectivity index (χ4v) is 2.13. The number of aromatic nitrogens is 2. The number of benzene rings is 1. The van der Waals surface area contributed by atoms with E-state index < -0.39 is 5.97 Å². The number of nitrogens with one attached hydrogen (secondary N) is 1. The number of hydrogen-bond donors (Lipinski definition) is 2. The quantitative estimate of drug-likeness (QED) is 0.900. The largest absolute Gasteiger partial charge is 0.478 e. The van der Waals surface area contributed by atoms with Crippen LogP contribution in [0.1, 0.15) is 30.2 Å². The van der Waals surface area contributed by atoms with Gasteiger partial charge in [-0.1, -0.05) is 15.9 Å². The number of anilines is 2. The first-order valence-corrected chi connectivity index (χ1v) is 6.60. The molecule has 0 aliphatic heterocycles. The molecule has 0 bridgehead atoms. The van der Waals surface area contributed by atoms with E-state index in [1.54, 1.807) is 18.3 Å². The molecular formula is C13H14BrN3O2. The molecule has 0 atom stereocenters. The molecule has 0 fully saturated rings. The van der Waals surface area contributed by atoms with Gasteiger partial charge in [-0.15, -0.1) is 0 Å². The van der Waals surface area contributed by atoms with Gasteiger partial charge in [0.15, 0.2) is 0 Å². The Hall–Kier alpha value is -1.82. The second-order valence-electron chi connectivity index (χ2n) is 4.46. The summed E-state index contributed by atoms with van der Waals surface area (Å²) in [6.45, 7) is 4.08. The SMILES string of the molecule is CC(C)n1cc(Nc2cc(Br)cc(C(=O)O)c2)cn1. The Kier molecular flexibility index (Phi) is 3.90. The van der Waals surface area contributed by atoms with Gasteiger partial charge in [-0.3, -0.25) is 4.68 Å². The van der Waals surface area contributed by atoms with Crippen molar-refractivity contribution in [3.8, 4) is 0 Å². The molecule has 0 saturated carbocycles. The predicted octanol–water partition coefficient (Wildman–Crippen LogP) is 3.67. The maximum absolute atomic E-state index is 11.0. The van der Waals surface area contributed by atoms with E-state index in [1.165, 1.54) is 0 Å². The Labute approximate surface area is 119 Å². The van der Waals surface area contributed by atoms with Gasteiger partial charge in [0.1, 0.15) is 0 Å². The molecule has 0 saturated heterocycles. The second-order valence-corrected chi connectivity index (χ2v) is 5.38. The molecule has 0 unspecified atom stereocenters. The van der Waals surface area contributed by atoms with Crippen LogP contribution in [0.25, 0.3) is 0 Å². The first-order chi connectivity index (χ1) is 8.95. The maximum Gasteiger partial charge on any atom is 0.335 e. The fourth-order valence-electron chi connectivity index (χ4n) is 1.64. The number of rotatable bonds is 4. The van der Waals surface area contributed by atoms with Gasteiger partial charge >= 0.3 is 5.97 Å². The van der Waals surface area contributed by atoms with Crippen LogP contribution in [0.15, 0.2) is 35.1 Å². The molecule has 0 spiro atoms. The minimum atomic E-state index is -0.956. The van der Waals surface area contributed by atoms with E-state index in [-0.39, 0.29) is 11.6 Å². The molecule has 0 radical (unpaired) electrons. The van der Waals surface area contributed by atoms with Gasteiger partial charge in [-0.05, 0) is 32.0 Å². The van der Waals surface area contributed by atoms with E-state index >= 15 is 0 Å². The predicted molar refractivity (Wildman–Crippen MR) is 77.0 cm³/mol. The van der Waals surface area contributed by atoms with Crippen LogP contribution in [-0.2, 0) is 0 Å². The zero-order valence-corrected chi connectivity index (χ0v) is 12.2. The lowest BCUT2D eigenvalue weighted by Crippen LogP contribution is -2.00. The summed E-state index contributed by atoms with van der Waals surface area (Å²) in [7, 11) is 0. The van der Waals surface area contributed by atoms with Crippen LogP contribution in [0.5, 0.6) is 0 Å². The zero-order valence-electron chi connectivity index (χ0n) is 10.6. The number of hydrogen-bond acceptors (Lipinski definition) is 3. The number of nitrogens with zero attached hydrogens (tertiary/aromatic N) is 2. The van der Waals surface area contributed by atoms with Crippen molar-refractivity contribution in [3.63, 3.8) is 0 Å². The third-order valence-electron chi connectivity index (χ3n) is 2.56. The van der Waals surface area contributed by atoms with Gasteiger partial charge in [0.2, 0.25) is 0 Å². The van der Waals surface area contributed by atoms with Gasteiger partial charge in [-0.25, -0.2) is 4.79 Å². The van der Waals surface area contributed by atoms with Crippen LogP contribution in [0.2, 0.25) is 0 Å². The molecule has 100 valence electrons. The monoisotopic (exact) mass is 323 g/mol. The highest BCUT2D eigenvalue weighted by Crippen LogP contribution is 2.23. The van der Waals surface area contributed by atoms with Crippen molar-refractivity contribution < 1.29 is 9.90 Å². The van der Waals surface area contributed by atoms with Crippen molar-refractivity contribution in [1.82, 2.24) is 9.78 Å². The smallest absolute Gasteiger partial charge is 0.335 e. The van der Waals surface area contributed by atoms with Crippen molar-refractivity contribution in [2.45, 2.75) is 19.9 Å². The molecule has 2 rings (SSSR count). The van der Waals surface area contributed by atoms with Crippen molar-refractivity contribution in [3.05, 3.63) is 40.6 Å². The van der Waals surface area contributed by atoms with Crippen molar-refractivity contribution in [2.75, 3.05) is 5.32 Å². The molecule has 6 heteroatoms. The Morgan fingerprint density at radius 1 is 1.37 bits per heavy atom. The van der Waals surface area contributed by atoms with Crippen LogP contribution in [0.4, 0.5) is 11.4 Å². The topological polar surface area (TPSA) is 67.2 Å². The number of aromatic carboxylic acids is 1. The molecule has 1 heterocycles. The van der Waals surface area contributed by atoms with E-state index in [4.69, 9.17) is 5.11 Å². The number of halogens is 1. The fraction of sp³-hybridized carbons (Fsp3) is 0.231. The molecule has 1 aromatic carbocycles. The molecule has 0 amide bonds. The van der Waals surface area contributed by atoms with E-state index in [0.29, 0.717) is 10.2 Å². The van der Waals surface area contributed by atoms with Crippen LogP contribution >= 0.6 is 15.9 Å². The average molecular weight is 324 g/mol. The lowest BCUT2D eigenvalue weighted by atomic mass is 10.2. The van der Waals surface area contributed by atoms with Gasteiger partial charge in [0, 0.05) is 22.4 Å². The van der Waals surface area contributed by atoms with Crippen molar-refractivity contribution in [2.24, 2.45) is 0 Å². The first-order valence-electron chi connectivity index (χ1n) is 5.81. The van der Waals surface area contributed by atoms with E-state index in [0.717, 1.165) is 5.69 Å². The van der Waals surface area contributed by atoms with Gasteiger partial charge in [0.25, 0.3) is 0 Å². The lowest BCUT2D eigenvalue weighted by molar-refractivity contribution is 0.0697. The minimum Gasteiger partial charge on any atom is -0.478 e. The first kappa shape index (κ1) is 13.6. The third kappa shape index (κ3) is 3.35. The molecule has 0 aliphatic rings. The van der Waals surface area contributed by atoms with Crippen molar-refractivity contribution >= 4 is 33.3 Å². The summed E-state index contributed by atoms with van der Waals surface area (Å²) in [4.78, 5) is 11.0. The normalized spacial score (nSPS) is 10.7. The summed E-state index contributed by atoms with van der Waals surface area (Å²) in [6.07, 6.45) is 3.59.